The molecule has 1 aliphatic rings. The van der Waals surface area contributed by atoms with E-state index in [0.29, 0.717) is 6.42 Å². The van der Waals surface area contributed by atoms with Crippen molar-refractivity contribution in [3.05, 3.63) is 82.8 Å². The Bertz CT molecular complexity index is 1160. The first-order valence-corrected chi connectivity index (χ1v) is 10.7. The van der Waals surface area contributed by atoms with E-state index in [1.807, 2.05) is 59.4 Å². The molecule has 3 heterocycles. The molecule has 0 atom stereocenters. The second-order valence-electron chi connectivity index (χ2n) is 7.40. The van der Waals surface area contributed by atoms with E-state index in [-0.39, 0.29) is 5.91 Å². The Labute approximate surface area is 174 Å². The molecule has 0 unspecified atom stereocenters. The quantitative estimate of drug-likeness (QED) is 0.487. The fourth-order valence-electron chi connectivity index (χ4n) is 4.04. The summed E-state index contributed by atoms with van der Waals surface area (Å²) in [5.74, 6) is 0.142. The first-order valence-electron chi connectivity index (χ1n) is 9.72. The molecular weight excluding hydrogens is 378 g/mol. The van der Waals surface area contributed by atoms with E-state index in [0.717, 1.165) is 35.3 Å². The number of hydrogen-bond donors (Lipinski definition) is 0. The number of fused-ring (bicyclic) bond motifs is 1. The number of benzene rings is 2. The van der Waals surface area contributed by atoms with Gasteiger partial charge in [-0.05, 0) is 57.6 Å². The molecule has 0 fully saturated rings. The standard InChI is InChI=1S/C24H21N3OS/c1-26-15-21(14-25-26)22-13-20(19-8-10-29-16-19)12-18-7-9-27(24(18)22)23(28)11-17-5-3-2-4-6-17/h2-6,8,10,12-16H,7,9,11H2,1H3. The number of rotatable bonds is 4. The predicted molar refractivity (Wildman–Crippen MR) is 118 cm³/mol. The van der Waals surface area contributed by atoms with Crippen LogP contribution in [0.2, 0.25) is 0 Å². The number of nitrogens with zero attached hydrogens (tertiary/aromatic N) is 3. The molecule has 4 nitrogen and oxygen atoms in total. The van der Waals surface area contributed by atoms with Gasteiger partial charge in [0.2, 0.25) is 5.91 Å². The average Bonchev–Trinajstić information content (AvgIpc) is 3.48. The maximum absolute atomic E-state index is 13.2. The molecule has 0 bridgehead atoms. The molecule has 2 aromatic carbocycles. The monoisotopic (exact) mass is 399 g/mol. The molecule has 5 rings (SSSR count). The van der Waals surface area contributed by atoms with Gasteiger partial charge in [-0.1, -0.05) is 30.3 Å². The van der Waals surface area contributed by atoms with E-state index >= 15 is 0 Å². The number of thiophene rings is 1. The van der Waals surface area contributed by atoms with E-state index in [1.165, 1.54) is 16.7 Å². The summed E-state index contributed by atoms with van der Waals surface area (Å²) in [6.45, 7) is 0.724. The van der Waals surface area contributed by atoms with Crippen LogP contribution >= 0.6 is 11.3 Å². The summed E-state index contributed by atoms with van der Waals surface area (Å²) in [6.07, 6.45) is 5.19. The van der Waals surface area contributed by atoms with Gasteiger partial charge < -0.3 is 4.90 Å². The van der Waals surface area contributed by atoms with Crippen LogP contribution in [0.1, 0.15) is 11.1 Å². The summed E-state index contributed by atoms with van der Waals surface area (Å²) in [5.41, 5.74) is 7.85. The van der Waals surface area contributed by atoms with Crippen molar-refractivity contribution in [2.75, 3.05) is 11.4 Å². The molecule has 0 N–H and O–H groups in total. The molecular formula is C24H21N3OS. The molecule has 29 heavy (non-hydrogen) atoms. The highest BCUT2D eigenvalue weighted by atomic mass is 32.1. The number of amides is 1. The van der Waals surface area contributed by atoms with Crippen molar-refractivity contribution in [3.8, 4) is 22.3 Å². The number of carbonyl (C=O) groups excluding carboxylic acids is 1. The first-order chi connectivity index (χ1) is 14.2. The third-order valence-electron chi connectivity index (χ3n) is 5.43. The van der Waals surface area contributed by atoms with Gasteiger partial charge in [0.1, 0.15) is 0 Å². The highest BCUT2D eigenvalue weighted by Crippen LogP contribution is 2.42. The van der Waals surface area contributed by atoms with Crippen LogP contribution in [0.15, 0.2) is 71.7 Å². The van der Waals surface area contributed by atoms with Gasteiger partial charge in [-0.2, -0.15) is 16.4 Å². The minimum atomic E-state index is 0.142. The van der Waals surface area contributed by atoms with Crippen LogP contribution in [0, 0.1) is 0 Å². The molecule has 1 aliphatic heterocycles. The summed E-state index contributed by atoms with van der Waals surface area (Å²) >= 11 is 1.70. The highest BCUT2D eigenvalue weighted by Gasteiger charge is 2.29. The predicted octanol–water partition coefficient (Wildman–Crippen LogP) is 4.95. The summed E-state index contributed by atoms with van der Waals surface area (Å²) < 4.78 is 1.81. The normalized spacial score (nSPS) is 12.9. The van der Waals surface area contributed by atoms with E-state index < -0.39 is 0 Å². The fraction of sp³-hybridized carbons (Fsp3) is 0.167. The van der Waals surface area contributed by atoms with Crippen molar-refractivity contribution in [2.24, 2.45) is 7.05 Å². The molecule has 2 aromatic heterocycles. The van der Waals surface area contributed by atoms with Crippen molar-refractivity contribution in [1.29, 1.82) is 0 Å². The maximum Gasteiger partial charge on any atom is 0.231 e. The number of aryl methyl sites for hydroxylation is 1. The molecule has 0 aliphatic carbocycles. The van der Waals surface area contributed by atoms with E-state index in [1.54, 1.807) is 11.3 Å². The van der Waals surface area contributed by atoms with Crippen molar-refractivity contribution in [2.45, 2.75) is 12.8 Å². The van der Waals surface area contributed by atoms with Crippen LogP contribution in [0.5, 0.6) is 0 Å². The van der Waals surface area contributed by atoms with Crippen LogP contribution in [-0.4, -0.2) is 22.2 Å². The number of hydrogen-bond acceptors (Lipinski definition) is 3. The van der Waals surface area contributed by atoms with E-state index in [9.17, 15) is 4.79 Å². The molecule has 0 saturated heterocycles. The fourth-order valence-corrected chi connectivity index (χ4v) is 4.70. The molecule has 1 amide bonds. The number of aromatic nitrogens is 2. The Kier molecular flexibility index (Phi) is 4.52. The lowest BCUT2D eigenvalue weighted by Crippen LogP contribution is -2.30. The van der Waals surface area contributed by atoms with Crippen molar-refractivity contribution in [1.82, 2.24) is 9.78 Å². The summed E-state index contributed by atoms with van der Waals surface area (Å²) in [5, 5.41) is 8.63. The smallest absolute Gasteiger partial charge is 0.231 e. The number of carbonyl (C=O) groups is 1. The van der Waals surface area contributed by atoms with Crippen LogP contribution < -0.4 is 4.90 Å². The van der Waals surface area contributed by atoms with E-state index in [2.05, 4.69) is 34.1 Å². The molecule has 0 spiro atoms. The van der Waals surface area contributed by atoms with Gasteiger partial charge in [-0.15, -0.1) is 0 Å². The van der Waals surface area contributed by atoms with Gasteiger partial charge in [-0.3, -0.25) is 9.48 Å². The lowest BCUT2D eigenvalue weighted by atomic mass is 9.96. The van der Waals surface area contributed by atoms with E-state index in [4.69, 9.17) is 0 Å². The van der Waals surface area contributed by atoms with Crippen LogP contribution in [0.3, 0.4) is 0 Å². The van der Waals surface area contributed by atoms with Crippen molar-refractivity contribution >= 4 is 22.9 Å². The SMILES string of the molecule is Cn1cc(-c2cc(-c3ccsc3)cc3c2N(C(=O)Cc2ccccc2)CC3)cn1. The van der Waals surface area contributed by atoms with Crippen LogP contribution in [0.4, 0.5) is 5.69 Å². The molecule has 5 heteroatoms. The van der Waals surface area contributed by atoms with Gasteiger partial charge in [0.15, 0.2) is 0 Å². The van der Waals surface area contributed by atoms with Crippen LogP contribution in [0.25, 0.3) is 22.3 Å². The van der Waals surface area contributed by atoms with Gasteiger partial charge in [0.05, 0.1) is 18.3 Å². The van der Waals surface area contributed by atoms with Gasteiger partial charge >= 0.3 is 0 Å². The maximum atomic E-state index is 13.2. The minimum Gasteiger partial charge on any atom is -0.311 e. The third kappa shape index (κ3) is 3.38. The molecule has 144 valence electrons. The van der Waals surface area contributed by atoms with Crippen LogP contribution in [-0.2, 0) is 24.7 Å². The zero-order valence-electron chi connectivity index (χ0n) is 16.2. The Morgan fingerprint density at radius 1 is 1.10 bits per heavy atom. The largest absolute Gasteiger partial charge is 0.311 e. The number of anilines is 1. The van der Waals surface area contributed by atoms with Gasteiger partial charge in [-0.25, -0.2) is 0 Å². The van der Waals surface area contributed by atoms with Gasteiger partial charge in [0, 0.05) is 30.9 Å². The zero-order chi connectivity index (χ0) is 19.8. The van der Waals surface area contributed by atoms with Gasteiger partial charge in [0.25, 0.3) is 0 Å². The molecule has 4 aromatic rings. The molecule has 0 radical (unpaired) electrons. The lowest BCUT2D eigenvalue weighted by molar-refractivity contribution is -0.117. The first kappa shape index (κ1) is 17.9. The highest BCUT2D eigenvalue weighted by molar-refractivity contribution is 7.08. The topological polar surface area (TPSA) is 38.1 Å². The average molecular weight is 400 g/mol. The Morgan fingerprint density at radius 2 is 1.97 bits per heavy atom. The van der Waals surface area contributed by atoms with Crippen molar-refractivity contribution in [3.63, 3.8) is 0 Å². The second kappa shape index (κ2) is 7.33. The Morgan fingerprint density at radius 3 is 2.69 bits per heavy atom. The zero-order valence-corrected chi connectivity index (χ0v) is 17.0. The third-order valence-corrected chi connectivity index (χ3v) is 6.12. The summed E-state index contributed by atoms with van der Waals surface area (Å²) in [4.78, 5) is 15.1. The summed E-state index contributed by atoms with van der Waals surface area (Å²) in [6, 6.07) is 16.5. The Hall–Kier alpha value is -3.18. The Balaban J connectivity index is 1.59. The second-order valence-corrected chi connectivity index (χ2v) is 8.18. The molecule has 0 saturated carbocycles. The van der Waals surface area contributed by atoms with Crippen molar-refractivity contribution < 1.29 is 4.79 Å². The minimum absolute atomic E-state index is 0.142. The lowest BCUT2D eigenvalue weighted by Gasteiger charge is -2.21. The summed E-state index contributed by atoms with van der Waals surface area (Å²) in [7, 11) is 1.92.